The first kappa shape index (κ1) is 63.0. The minimum atomic E-state index is -0.231. The summed E-state index contributed by atoms with van der Waals surface area (Å²) in [6.07, 6.45) is 47.0. The van der Waals surface area contributed by atoms with E-state index in [-0.39, 0.29) is 34.3 Å². The molecule has 4 N–H and O–H groups in total. The molecule has 0 spiro atoms. The molecule has 0 fully saturated rings. The average molecular weight is 1140 g/mol. The molecule has 8 nitrogen and oxygen atoms in total. The minimum absolute atomic E-state index is 0.193. The fraction of sp³-hybridized carbons (Fsp3) is 0.605. The van der Waals surface area contributed by atoms with Crippen molar-refractivity contribution in [2.45, 2.75) is 297 Å². The van der Waals surface area contributed by atoms with E-state index in [4.69, 9.17) is 11.5 Å². The van der Waals surface area contributed by atoms with Crippen molar-refractivity contribution in [1.82, 2.24) is 9.13 Å². The lowest BCUT2D eigenvalue weighted by Crippen LogP contribution is -2.37. The summed E-state index contributed by atoms with van der Waals surface area (Å²) in [4.78, 5) is 62.1. The van der Waals surface area contributed by atoms with Gasteiger partial charge in [0.2, 0.25) is 0 Å². The van der Waals surface area contributed by atoms with E-state index in [0.29, 0.717) is 43.7 Å². The maximum atomic E-state index is 15.7. The fourth-order valence-electron chi connectivity index (χ4n) is 15.3. The molecule has 8 heteroatoms. The average Bonchev–Trinajstić information content (AvgIpc) is 1.11. The number of unbranched alkanes of at least 4 members (excludes halogenated alkanes) is 32. The summed E-state index contributed by atoms with van der Waals surface area (Å²) < 4.78 is 3.32. The topological polar surface area (TPSA) is 130 Å². The van der Waals surface area contributed by atoms with E-state index in [1.165, 1.54) is 180 Å². The number of nitrogen functional groups attached to an aromatic ring is 2. The second-order valence-corrected chi connectivity index (χ2v) is 26.2. The lowest BCUT2D eigenvalue weighted by molar-refractivity contribution is 0.381. The summed E-state index contributed by atoms with van der Waals surface area (Å²) in [7, 11) is 0. The van der Waals surface area contributed by atoms with E-state index in [0.717, 1.165) is 131 Å². The summed E-state index contributed by atoms with van der Waals surface area (Å²) in [5.41, 5.74) is 14.0. The zero-order valence-electron chi connectivity index (χ0n) is 52.7. The van der Waals surface area contributed by atoms with E-state index >= 15 is 19.2 Å². The number of benzene rings is 7. The van der Waals surface area contributed by atoms with Crippen LogP contribution in [0.1, 0.15) is 297 Å². The van der Waals surface area contributed by atoms with Gasteiger partial charge in [-0.15, -0.1) is 0 Å². The van der Waals surface area contributed by atoms with Gasteiger partial charge >= 0.3 is 0 Å². The van der Waals surface area contributed by atoms with Gasteiger partial charge in [-0.2, -0.15) is 0 Å². The van der Waals surface area contributed by atoms with Crippen LogP contribution in [0, 0.1) is 0 Å². The first-order chi connectivity index (χ1) is 41.2. The van der Waals surface area contributed by atoms with E-state index in [1.54, 1.807) is 9.13 Å². The number of aromatic nitrogens is 2. The van der Waals surface area contributed by atoms with Crippen LogP contribution in [0.2, 0.25) is 0 Å². The summed E-state index contributed by atoms with van der Waals surface area (Å²) >= 11 is 0. The van der Waals surface area contributed by atoms with Crippen LogP contribution in [0.5, 0.6) is 0 Å². The van der Waals surface area contributed by atoms with Crippen LogP contribution in [-0.4, -0.2) is 9.13 Å². The normalized spacial score (nSPS) is 12.5. The highest BCUT2D eigenvalue weighted by atomic mass is 16.2. The number of nitrogens with zero attached hydrogens (tertiary/aromatic N) is 2. The predicted octanol–water partition coefficient (Wildman–Crippen LogP) is 21.6. The van der Waals surface area contributed by atoms with E-state index in [2.05, 4.69) is 39.8 Å². The maximum Gasteiger partial charge on any atom is 0.261 e. The highest BCUT2D eigenvalue weighted by Gasteiger charge is 2.30. The van der Waals surface area contributed by atoms with Crippen molar-refractivity contribution in [3.05, 3.63) is 89.9 Å². The van der Waals surface area contributed by atoms with Crippen molar-refractivity contribution in [3.8, 4) is 0 Å². The Hall–Kier alpha value is -5.50. The van der Waals surface area contributed by atoms with Crippen LogP contribution in [0.3, 0.4) is 0 Å². The Morgan fingerprint density at radius 2 is 0.524 bits per heavy atom. The van der Waals surface area contributed by atoms with Crippen LogP contribution in [0.4, 0.5) is 11.4 Å². The molecule has 0 amide bonds. The standard InChI is InChI=1S/C76H106N4O4/c1-5-9-13-17-21-25-29-33-37-41-53(42-38-34-30-26-22-18-14-10-6-2)79-73(81)58-47-45-55-56-46-48-59-66-63(52-61-67-57(49-50-64(77)72(67)78)60-51-62(75(79)83)65(58)68(55)70(60)71(61)69(56)66)76(84)80(74(59)82)54(43-39-35-31-27-23-19-15-11-7-3)44-40-36-32-28-24-20-16-12-8-4/h45-54H,5-44,77-78H2,1-4H3. The number of hydrogen-bond donors (Lipinski definition) is 2. The molecule has 0 bridgehead atoms. The molecule has 0 radical (unpaired) electrons. The highest BCUT2D eigenvalue weighted by molar-refractivity contribution is 6.49. The molecule has 2 aromatic heterocycles. The number of pyridine rings is 2. The Bertz CT molecular complexity index is 3700. The Morgan fingerprint density at radius 1 is 0.274 bits per heavy atom. The largest absolute Gasteiger partial charge is 0.397 e. The van der Waals surface area contributed by atoms with Crippen LogP contribution >= 0.6 is 0 Å². The van der Waals surface area contributed by atoms with Gasteiger partial charge in [0.25, 0.3) is 22.2 Å². The van der Waals surface area contributed by atoms with Gasteiger partial charge in [-0.25, -0.2) is 0 Å². The third kappa shape index (κ3) is 13.8. The number of nitrogens with two attached hydrogens (primary N) is 2. The Morgan fingerprint density at radius 3 is 0.869 bits per heavy atom. The van der Waals surface area contributed by atoms with Gasteiger partial charge in [0.15, 0.2) is 0 Å². The van der Waals surface area contributed by atoms with Gasteiger partial charge in [0.05, 0.1) is 11.4 Å². The molecule has 0 aliphatic heterocycles. The number of hydrogen-bond acceptors (Lipinski definition) is 6. The van der Waals surface area contributed by atoms with Crippen molar-refractivity contribution < 1.29 is 0 Å². The van der Waals surface area contributed by atoms with Gasteiger partial charge in [-0.3, -0.25) is 28.3 Å². The van der Waals surface area contributed by atoms with Gasteiger partial charge in [0.1, 0.15) is 0 Å². The summed E-state index contributed by atoms with van der Waals surface area (Å²) in [5.74, 6) is 0. The van der Waals surface area contributed by atoms with Gasteiger partial charge < -0.3 is 11.5 Å². The molecule has 84 heavy (non-hydrogen) atoms. The molecule has 9 rings (SSSR count). The van der Waals surface area contributed by atoms with E-state index in [9.17, 15) is 0 Å². The zero-order valence-corrected chi connectivity index (χ0v) is 52.7. The monoisotopic (exact) mass is 1140 g/mol. The lowest BCUT2D eigenvalue weighted by Gasteiger charge is -2.25. The third-order valence-corrected chi connectivity index (χ3v) is 20.0. The molecule has 0 saturated heterocycles. The molecule has 0 atom stereocenters. The van der Waals surface area contributed by atoms with Crippen LogP contribution in [0.25, 0.3) is 86.2 Å². The number of fused-ring (bicyclic) bond motifs is 4. The number of rotatable bonds is 42. The Labute approximate surface area is 502 Å². The highest BCUT2D eigenvalue weighted by Crippen LogP contribution is 2.52. The first-order valence-corrected chi connectivity index (χ1v) is 34.9. The smallest absolute Gasteiger partial charge is 0.261 e. The molecule has 9 aromatic rings. The van der Waals surface area contributed by atoms with Gasteiger partial charge in [-0.05, 0) is 104 Å². The van der Waals surface area contributed by atoms with Crippen molar-refractivity contribution in [2.24, 2.45) is 0 Å². The Kier molecular flexibility index (Phi) is 23.4. The first-order valence-electron chi connectivity index (χ1n) is 34.9. The van der Waals surface area contributed by atoms with Crippen molar-refractivity contribution in [2.75, 3.05) is 11.5 Å². The van der Waals surface area contributed by atoms with Crippen molar-refractivity contribution in [3.63, 3.8) is 0 Å². The predicted molar refractivity (Wildman–Crippen MR) is 367 cm³/mol. The van der Waals surface area contributed by atoms with E-state index in [1.807, 2.05) is 36.4 Å². The van der Waals surface area contributed by atoms with Crippen LogP contribution in [-0.2, 0) is 0 Å². The second kappa shape index (κ2) is 31.2. The van der Waals surface area contributed by atoms with Crippen LogP contribution in [0.15, 0.2) is 67.7 Å². The zero-order chi connectivity index (χ0) is 59.0. The van der Waals surface area contributed by atoms with Gasteiger partial charge in [-0.1, -0.05) is 277 Å². The third-order valence-electron chi connectivity index (χ3n) is 20.0. The lowest BCUT2D eigenvalue weighted by atomic mass is 9.80. The molecule has 0 aliphatic carbocycles. The molecule has 0 saturated carbocycles. The van der Waals surface area contributed by atoms with Crippen molar-refractivity contribution in [1.29, 1.82) is 0 Å². The summed E-state index contributed by atoms with van der Waals surface area (Å²) in [6.45, 7) is 9.06. The fourth-order valence-corrected chi connectivity index (χ4v) is 15.3. The summed E-state index contributed by atoms with van der Waals surface area (Å²) in [5, 5.41) is 12.2. The quantitative estimate of drug-likeness (QED) is 0.0170. The SMILES string of the molecule is CCCCCCCCCCCC(CCCCCCCCCCC)n1c(=O)c2ccc3c4ccc5c(=O)n(C(CCCCCCCCCCC)CCCCCCCCCCC)c(=O)c6cc7c8c(N)c(N)ccc8c8cc(c1=O)c2c3c8c7c4c56. The molecule has 7 aromatic carbocycles. The minimum Gasteiger partial charge on any atom is -0.397 e. The van der Waals surface area contributed by atoms with Gasteiger partial charge in [0, 0.05) is 49.8 Å². The molecule has 0 unspecified atom stereocenters. The molecule has 0 aliphatic rings. The molecule has 454 valence electrons. The second-order valence-electron chi connectivity index (χ2n) is 26.2. The Balaban J connectivity index is 1.14. The molecule has 2 heterocycles. The maximum absolute atomic E-state index is 15.7. The van der Waals surface area contributed by atoms with E-state index < -0.39 is 0 Å². The molecular weight excluding hydrogens is 1030 g/mol. The molecular formula is C76H106N4O4. The van der Waals surface area contributed by atoms with Crippen molar-refractivity contribution >= 4 is 97.6 Å². The number of anilines is 2. The summed E-state index contributed by atoms with van der Waals surface area (Å²) in [6, 6.07) is 15.6. The van der Waals surface area contributed by atoms with Crippen LogP contribution < -0.4 is 33.7 Å².